The third-order valence-electron chi connectivity index (χ3n) is 1.94. The van der Waals surface area contributed by atoms with E-state index in [1.807, 2.05) is 0 Å². The largest absolute Gasteiger partial charge is 0.374 e. The van der Waals surface area contributed by atoms with Gasteiger partial charge >= 0.3 is 0 Å². The Morgan fingerprint density at radius 2 is 2.25 bits per heavy atom. The maximum Gasteiger partial charge on any atom is 0.203 e. The number of aromatic nitrogens is 2. The first-order valence-electron chi connectivity index (χ1n) is 4.63. The van der Waals surface area contributed by atoms with E-state index < -0.39 is 0 Å². The quantitative estimate of drug-likeness (QED) is 0.941. The molecule has 7 heteroatoms. The Labute approximate surface area is 110 Å². The normalized spacial score (nSPS) is 11.2. The zero-order chi connectivity index (χ0) is 11.5. The summed E-state index contributed by atoms with van der Waals surface area (Å²) in [6.07, 6.45) is 0. The van der Waals surface area contributed by atoms with E-state index in [0.717, 1.165) is 22.6 Å². The van der Waals surface area contributed by atoms with Crippen LogP contribution in [-0.2, 0) is 13.1 Å². The van der Waals surface area contributed by atoms with E-state index in [0.29, 0.717) is 5.13 Å². The van der Waals surface area contributed by atoms with Gasteiger partial charge in [0.2, 0.25) is 5.13 Å². The summed E-state index contributed by atoms with van der Waals surface area (Å²) >= 11 is 6.63. The van der Waals surface area contributed by atoms with Gasteiger partial charge in [0.15, 0.2) is 0 Å². The Morgan fingerprint density at radius 1 is 1.44 bits per heavy atom. The smallest absolute Gasteiger partial charge is 0.203 e. The molecule has 0 fully saturated rings. The number of hydrogen-bond acceptors (Lipinski definition) is 6. The van der Waals surface area contributed by atoms with Crippen LogP contribution in [-0.4, -0.2) is 22.1 Å². The molecule has 0 atom stereocenters. The SMILES string of the molecule is CN(Cc1cc(Br)cs1)Cc1nnc(N)s1. The zero-order valence-corrected chi connectivity index (χ0v) is 11.9. The fourth-order valence-electron chi connectivity index (χ4n) is 1.32. The number of nitrogen functional groups attached to an aromatic ring is 1. The summed E-state index contributed by atoms with van der Waals surface area (Å²) in [7, 11) is 2.06. The highest BCUT2D eigenvalue weighted by Gasteiger charge is 2.07. The molecule has 0 amide bonds. The van der Waals surface area contributed by atoms with Crippen molar-refractivity contribution in [2.24, 2.45) is 0 Å². The van der Waals surface area contributed by atoms with Crippen LogP contribution >= 0.6 is 38.6 Å². The molecule has 2 heterocycles. The minimum Gasteiger partial charge on any atom is -0.374 e. The molecule has 86 valence electrons. The molecule has 0 aliphatic rings. The van der Waals surface area contributed by atoms with Gasteiger partial charge in [0, 0.05) is 21.3 Å². The Kier molecular flexibility index (Phi) is 3.91. The van der Waals surface area contributed by atoms with Gasteiger partial charge in [-0.1, -0.05) is 11.3 Å². The van der Waals surface area contributed by atoms with Gasteiger partial charge in [-0.3, -0.25) is 4.90 Å². The van der Waals surface area contributed by atoms with Crippen molar-refractivity contribution in [1.29, 1.82) is 0 Å². The van der Waals surface area contributed by atoms with Crippen LogP contribution in [0.1, 0.15) is 9.88 Å². The third-order valence-corrected chi connectivity index (χ3v) is 4.35. The monoisotopic (exact) mass is 318 g/mol. The predicted molar refractivity (Wildman–Crippen MR) is 71.5 cm³/mol. The first-order valence-corrected chi connectivity index (χ1v) is 7.11. The van der Waals surface area contributed by atoms with E-state index in [1.165, 1.54) is 16.2 Å². The fourth-order valence-corrected chi connectivity index (χ4v) is 3.54. The molecule has 0 bridgehead atoms. The highest BCUT2D eigenvalue weighted by molar-refractivity contribution is 9.10. The lowest BCUT2D eigenvalue weighted by Gasteiger charge is -2.12. The number of nitrogens with zero attached hydrogens (tertiary/aromatic N) is 3. The fraction of sp³-hybridized carbons (Fsp3) is 0.333. The topological polar surface area (TPSA) is 55.0 Å². The minimum atomic E-state index is 0.530. The van der Waals surface area contributed by atoms with Crippen molar-refractivity contribution < 1.29 is 0 Å². The summed E-state index contributed by atoms with van der Waals surface area (Å²) < 4.78 is 1.14. The van der Waals surface area contributed by atoms with Crippen LogP contribution in [0, 0.1) is 0 Å². The van der Waals surface area contributed by atoms with Crippen LogP contribution in [0.5, 0.6) is 0 Å². The summed E-state index contributed by atoms with van der Waals surface area (Å²) in [5, 5.41) is 11.4. The van der Waals surface area contributed by atoms with Gasteiger partial charge < -0.3 is 5.73 Å². The van der Waals surface area contributed by atoms with Crippen molar-refractivity contribution >= 4 is 43.7 Å². The Morgan fingerprint density at radius 3 is 2.81 bits per heavy atom. The summed E-state index contributed by atoms with van der Waals surface area (Å²) in [6, 6.07) is 2.13. The van der Waals surface area contributed by atoms with E-state index in [2.05, 4.69) is 49.5 Å². The lowest BCUT2D eigenvalue weighted by atomic mass is 10.4. The van der Waals surface area contributed by atoms with Gasteiger partial charge in [-0.15, -0.1) is 21.5 Å². The summed E-state index contributed by atoms with van der Waals surface area (Å²) in [4.78, 5) is 3.52. The maximum atomic E-state index is 5.53. The molecule has 16 heavy (non-hydrogen) atoms. The average Bonchev–Trinajstić information content (AvgIpc) is 2.76. The van der Waals surface area contributed by atoms with E-state index in [-0.39, 0.29) is 0 Å². The predicted octanol–water partition coefficient (Wildman–Crippen LogP) is 2.58. The second-order valence-electron chi connectivity index (χ2n) is 3.44. The van der Waals surface area contributed by atoms with Crippen molar-refractivity contribution in [2.75, 3.05) is 12.8 Å². The highest BCUT2D eigenvalue weighted by atomic mass is 79.9. The third kappa shape index (κ3) is 3.24. The average molecular weight is 319 g/mol. The van der Waals surface area contributed by atoms with E-state index >= 15 is 0 Å². The van der Waals surface area contributed by atoms with Crippen LogP contribution < -0.4 is 5.73 Å². The van der Waals surface area contributed by atoms with Gasteiger partial charge in [0.25, 0.3) is 0 Å². The molecular formula is C9H11BrN4S2. The molecule has 0 aromatic carbocycles. The number of nitrogens with two attached hydrogens (primary N) is 1. The lowest BCUT2D eigenvalue weighted by Crippen LogP contribution is -2.16. The van der Waals surface area contributed by atoms with Crippen LogP contribution in [0.4, 0.5) is 5.13 Å². The van der Waals surface area contributed by atoms with Crippen LogP contribution in [0.25, 0.3) is 0 Å². The number of halogens is 1. The molecule has 2 rings (SSSR count). The first kappa shape index (κ1) is 12.0. The number of anilines is 1. The number of hydrogen-bond donors (Lipinski definition) is 1. The minimum absolute atomic E-state index is 0.530. The molecule has 0 radical (unpaired) electrons. The van der Waals surface area contributed by atoms with Gasteiger partial charge in [0.1, 0.15) is 5.01 Å². The van der Waals surface area contributed by atoms with Crippen molar-refractivity contribution in [3.8, 4) is 0 Å². The molecule has 0 spiro atoms. The van der Waals surface area contributed by atoms with E-state index in [9.17, 15) is 0 Å². The Bertz CT molecular complexity index is 425. The molecule has 0 aliphatic carbocycles. The maximum absolute atomic E-state index is 5.53. The second kappa shape index (κ2) is 5.22. The summed E-state index contributed by atoms with van der Waals surface area (Å²) in [6.45, 7) is 1.69. The van der Waals surface area contributed by atoms with Gasteiger partial charge in [-0.25, -0.2) is 0 Å². The molecule has 4 nitrogen and oxygen atoms in total. The standard InChI is InChI=1S/C9H11BrN4S2/c1-14(3-7-2-6(10)5-15-7)4-8-12-13-9(11)16-8/h2,5H,3-4H2,1H3,(H2,11,13). The van der Waals surface area contributed by atoms with Crippen molar-refractivity contribution in [2.45, 2.75) is 13.1 Å². The molecule has 0 aliphatic heterocycles. The molecular weight excluding hydrogens is 308 g/mol. The van der Waals surface area contributed by atoms with Gasteiger partial charge in [0.05, 0.1) is 6.54 Å². The molecule has 2 aromatic rings. The highest BCUT2D eigenvalue weighted by Crippen LogP contribution is 2.21. The van der Waals surface area contributed by atoms with Crippen LogP contribution in [0.2, 0.25) is 0 Å². The van der Waals surface area contributed by atoms with Gasteiger partial charge in [-0.05, 0) is 29.0 Å². The lowest BCUT2D eigenvalue weighted by molar-refractivity contribution is 0.320. The molecule has 0 unspecified atom stereocenters. The molecule has 2 N–H and O–H groups in total. The second-order valence-corrected chi connectivity index (χ2v) is 6.44. The Hall–Kier alpha value is -0.500. The summed E-state index contributed by atoms with van der Waals surface area (Å²) in [5.41, 5.74) is 5.53. The van der Waals surface area contributed by atoms with Crippen molar-refractivity contribution in [3.63, 3.8) is 0 Å². The molecule has 0 saturated carbocycles. The van der Waals surface area contributed by atoms with Crippen LogP contribution in [0.3, 0.4) is 0 Å². The van der Waals surface area contributed by atoms with Crippen molar-refractivity contribution in [3.05, 3.63) is 25.8 Å². The van der Waals surface area contributed by atoms with Gasteiger partial charge in [-0.2, -0.15) is 0 Å². The van der Waals surface area contributed by atoms with Crippen molar-refractivity contribution in [1.82, 2.24) is 15.1 Å². The number of thiophene rings is 1. The van der Waals surface area contributed by atoms with Crippen LogP contribution in [0.15, 0.2) is 15.9 Å². The van der Waals surface area contributed by atoms with E-state index in [4.69, 9.17) is 5.73 Å². The first-order chi connectivity index (χ1) is 7.63. The van der Waals surface area contributed by atoms with E-state index in [1.54, 1.807) is 11.3 Å². The molecule has 0 saturated heterocycles. The summed E-state index contributed by atoms with van der Waals surface area (Å²) in [5.74, 6) is 0. The zero-order valence-electron chi connectivity index (χ0n) is 8.68. The molecule has 2 aromatic heterocycles. The Balaban J connectivity index is 1.91. The number of rotatable bonds is 4.